The van der Waals surface area contributed by atoms with E-state index in [0.29, 0.717) is 16.7 Å². The fraction of sp³-hybridized carbons (Fsp3) is 0.500. The fourth-order valence-electron chi connectivity index (χ4n) is 2.40. The van der Waals surface area contributed by atoms with Gasteiger partial charge in [-0.15, -0.1) is 0 Å². The molecule has 0 saturated heterocycles. The third kappa shape index (κ3) is 3.57. The van der Waals surface area contributed by atoms with Gasteiger partial charge in [-0.05, 0) is 36.7 Å². The van der Waals surface area contributed by atoms with E-state index in [2.05, 4.69) is 18.8 Å². The average molecular weight is 290 g/mol. The molecule has 0 aliphatic heterocycles. The SMILES string of the molecule is CC(C)CCCCCn1c(=S)[nH]c2ccccc2c1=O. The number of hydrogen-bond donors (Lipinski definition) is 1. The molecule has 0 bridgehead atoms. The molecule has 4 heteroatoms. The molecule has 1 aromatic carbocycles. The van der Waals surface area contributed by atoms with Crippen molar-refractivity contribution in [2.45, 2.75) is 46.1 Å². The second-order valence-corrected chi connectivity index (χ2v) is 6.06. The van der Waals surface area contributed by atoms with Crippen LogP contribution < -0.4 is 5.56 Å². The molecule has 0 spiro atoms. The van der Waals surface area contributed by atoms with Crippen LogP contribution in [0.2, 0.25) is 0 Å². The Kier molecular flexibility index (Phi) is 5.12. The molecule has 2 rings (SSSR count). The van der Waals surface area contributed by atoms with Gasteiger partial charge >= 0.3 is 0 Å². The molecule has 1 heterocycles. The third-order valence-corrected chi connectivity index (χ3v) is 3.88. The number of nitrogens with zero attached hydrogens (tertiary/aromatic N) is 1. The molecular formula is C16H22N2OS. The summed E-state index contributed by atoms with van der Waals surface area (Å²) in [6, 6.07) is 7.52. The third-order valence-electron chi connectivity index (χ3n) is 3.55. The molecule has 0 radical (unpaired) electrons. The maximum Gasteiger partial charge on any atom is 0.262 e. The summed E-state index contributed by atoms with van der Waals surface area (Å²) in [6.07, 6.45) is 4.62. The van der Waals surface area contributed by atoms with Crippen molar-refractivity contribution in [1.29, 1.82) is 0 Å². The van der Waals surface area contributed by atoms with Gasteiger partial charge in [0.15, 0.2) is 4.77 Å². The summed E-state index contributed by atoms with van der Waals surface area (Å²) in [5, 5.41) is 0.711. The second-order valence-electron chi connectivity index (χ2n) is 5.68. The number of benzene rings is 1. The number of para-hydroxylation sites is 1. The minimum absolute atomic E-state index is 0.0215. The van der Waals surface area contributed by atoms with Gasteiger partial charge in [0.2, 0.25) is 0 Å². The molecule has 108 valence electrons. The Morgan fingerprint density at radius 1 is 1.20 bits per heavy atom. The molecule has 2 aromatic rings. The van der Waals surface area contributed by atoms with Crippen molar-refractivity contribution in [2.24, 2.45) is 5.92 Å². The second kappa shape index (κ2) is 6.84. The van der Waals surface area contributed by atoms with Crippen LogP contribution in [0.15, 0.2) is 29.1 Å². The molecule has 3 nitrogen and oxygen atoms in total. The van der Waals surface area contributed by atoms with Gasteiger partial charge in [-0.3, -0.25) is 9.36 Å². The van der Waals surface area contributed by atoms with E-state index in [0.717, 1.165) is 24.3 Å². The van der Waals surface area contributed by atoms with Crippen LogP contribution in [0, 0.1) is 10.7 Å². The highest BCUT2D eigenvalue weighted by Crippen LogP contribution is 2.10. The summed E-state index contributed by atoms with van der Waals surface area (Å²) >= 11 is 5.29. The minimum Gasteiger partial charge on any atom is -0.332 e. The molecule has 0 unspecified atom stereocenters. The predicted octanol–water partition coefficient (Wildman–Crippen LogP) is 4.28. The molecule has 0 saturated carbocycles. The molecule has 0 atom stereocenters. The zero-order valence-corrected chi connectivity index (χ0v) is 13.0. The van der Waals surface area contributed by atoms with Crippen LogP contribution in [0.4, 0.5) is 0 Å². The van der Waals surface area contributed by atoms with Crippen molar-refractivity contribution in [3.05, 3.63) is 39.4 Å². The van der Waals surface area contributed by atoms with Crippen LogP contribution in [0.3, 0.4) is 0 Å². The highest BCUT2D eigenvalue weighted by atomic mass is 32.1. The van der Waals surface area contributed by atoms with Gasteiger partial charge < -0.3 is 4.98 Å². The van der Waals surface area contributed by atoms with E-state index >= 15 is 0 Å². The Morgan fingerprint density at radius 3 is 2.70 bits per heavy atom. The highest BCUT2D eigenvalue weighted by Gasteiger charge is 2.04. The normalized spacial score (nSPS) is 11.3. The van der Waals surface area contributed by atoms with Crippen LogP contribution in [0.25, 0.3) is 10.9 Å². The monoisotopic (exact) mass is 290 g/mol. The number of hydrogen-bond acceptors (Lipinski definition) is 2. The molecule has 0 amide bonds. The van der Waals surface area contributed by atoms with Gasteiger partial charge in [-0.2, -0.15) is 0 Å². The number of rotatable bonds is 6. The lowest BCUT2D eigenvalue weighted by atomic mass is 10.1. The summed E-state index contributed by atoms with van der Waals surface area (Å²) in [6.45, 7) is 5.19. The van der Waals surface area contributed by atoms with Crippen molar-refractivity contribution in [2.75, 3.05) is 0 Å². The number of nitrogens with one attached hydrogen (secondary N) is 1. The van der Waals surface area contributed by atoms with Crippen molar-refractivity contribution < 1.29 is 0 Å². The highest BCUT2D eigenvalue weighted by molar-refractivity contribution is 7.71. The number of fused-ring (bicyclic) bond motifs is 1. The predicted molar refractivity (Wildman–Crippen MR) is 86.7 cm³/mol. The number of unbranched alkanes of at least 4 members (excludes halogenated alkanes) is 2. The standard InChI is InChI=1S/C16H22N2OS/c1-12(2)8-4-3-7-11-18-15(19)13-9-5-6-10-14(13)17-16(18)20/h5-6,9-10,12H,3-4,7-8,11H2,1-2H3,(H,17,20). The Labute approximate surface area is 124 Å². The lowest BCUT2D eigenvalue weighted by molar-refractivity contribution is 0.501. The Hall–Kier alpha value is -1.42. The summed E-state index contributed by atoms with van der Waals surface area (Å²) < 4.78 is 2.21. The van der Waals surface area contributed by atoms with E-state index in [4.69, 9.17) is 12.2 Å². The Morgan fingerprint density at radius 2 is 1.95 bits per heavy atom. The molecule has 0 fully saturated rings. The molecule has 0 aliphatic rings. The molecular weight excluding hydrogens is 268 g/mol. The van der Waals surface area contributed by atoms with Crippen LogP contribution in [-0.4, -0.2) is 9.55 Å². The van der Waals surface area contributed by atoms with Gasteiger partial charge in [0.05, 0.1) is 10.9 Å². The number of aromatic amines is 1. The van der Waals surface area contributed by atoms with E-state index < -0.39 is 0 Å². The van der Waals surface area contributed by atoms with Crippen molar-refractivity contribution in [1.82, 2.24) is 9.55 Å². The van der Waals surface area contributed by atoms with Crippen molar-refractivity contribution >= 4 is 23.1 Å². The lowest BCUT2D eigenvalue weighted by Gasteiger charge is -2.08. The Bertz CT molecular complexity index is 685. The van der Waals surface area contributed by atoms with E-state index in [1.165, 1.54) is 12.8 Å². The van der Waals surface area contributed by atoms with E-state index in [1.807, 2.05) is 24.3 Å². The fourth-order valence-corrected chi connectivity index (χ4v) is 2.69. The van der Waals surface area contributed by atoms with Gasteiger partial charge in [-0.25, -0.2) is 0 Å². The summed E-state index contributed by atoms with van der Waals surface area (Å²) in [4.78, 5) is 15.5. The average Bonchev–Trinajstić information content (AvgIpc) is 2.41. The van der Waals surface area contributed by atoms with E-state index in [-0.39, 0.29) is 5.56 Å². The van der Waals surface area contributed by atoms with Crippen LogP contribution >= 0.6 is 12.2 Å². The summed E-state index contributed by atoms with van der Waals surface area (Å²) in [5.74, 6) is 0.751. The first-order chi connectivity index (χ1) is 9.59. The first-order valence-electron chi connectivity index (χ1n) is 7.31. The summed E-state index contributed by atoms with van der Waals surface area (Å²) in [5.41, 5.74) is 0.840. The zero-order chi connectivity index (χ0) is 14.5. The van der Waals surface area contributed by atoms with Crippen molar-refractivity contribution in [3.63, 3.8) is 0 Å². The quantitative estimate of drug-likeness (QED) is 0.637. The lowest BCUT2D eigenvalue weighted by Crippen LogP contribution is -2.22. The molecule has 1 N–H and O–H groups in total. The van der Waals surface area contributed by atoms with Gasteiger partial charge in [0.25, 0.3) is 5.56 Å². The topological polar surface area (TPSA) is 37.8 Å². The number of H-pyrrole nitrogens is 1. The van der Waals surface area contributed by atoms with Crippen LogP contribution in [0.5, 0.6) is 0 Å². The van der Waals surface area contributed by atoms with Crippen LogP contribution in [0.1, 0.15) is 39.5 Å². The summed E-state index contributed by atoms with van der Waals surface area (Å²) in [7, 11) is 0. The number of aromatic nitrogens is 2. The largest absolute Gasteiger partial charge is 0.332 e. The molecule has 20 heavy (non-hydrogen) atoms. The maximum atomic E-state index is 12.4. The molecule has 0 aliphatic carbocycles. The van der Waals surface area contributed by atoms with E-state index in [1.54, 1.807) is 4.57 Å². The molecule has 1 aromatic heterocycles. The zero-order valence-electron chi connectivity index (χ0n) is 12.2. The van der Waals surface area contributed by atoms with Crippen molar-refractivity contribution in [3.8, 4) is 0 Å². The first-order valence-corrected chi connectivity index (χ1v) is 7.72. The Balaban J connectivity index is 2.10. The van der Waals surface area contributed by atoms with Gasteiger partial charge in [0, 0.05) is 6.54 Å². The minimum atomic E-state index is 0.0215. The van der Waals surface area contributed by atoms with Gasteiger partial charge in [-0.1, -0.05) is 45.2 Å². The van der Waals surface area contributed by atoms with Crippen LogP contribution in [-0.2, 0) is 6.54 Å². The smallest absolute Gasteiger partial charge is 0.262 e. The van der Waals surface area contributed by atoms with E-state index in [9.17, 15) is 4.79 Å². The maximum absolute atomic E-state index is 12.4. The van der Waals surface area contributed by atoms with Gasteiger partial charge in [0.1, 0.15) is 0 Å². The first kappa shape index (κ1) is 15.0.